The summed E-state index contributed by atoms with van der Waals surface area (Å²) in [5.41, 5.74) is 8.74. The van der Waals surface area contributed by atoms with Crippen molar-refractivity contribution >= 4 is 49.7 Å². The van der Waals surface area contributed by atoms with Gasteiger partial charge < -0.3 is 4.57 Å². The minimum Gasteiger partial charge on any atom is -0.309 e. The highest BCUT2D eigenvalue weighted by Gasteiger charge is 2.18. The molecule has 0 unspecified atom stereocenters. The zero-order chi connectivity index (χ0) is 22.9. The molecule has 0 bridgehead atoms. The molecular weight excluding hydrogens is 430 g/mol. The van der Waals surface area contributed by atoms with Gasteiger partial charge in [0, 0.05) is 22.7 Å². The number of para-hydroxylation sites is 4. The van der Waals surface area contributed by atoms with E-state index in [2.05, 4.69) is 116 Å². The summed E-state index contributed by atoms with van der Waals surface area (Å²) >= 11 is 0. The molecule has 0 saturated carbocycles. The summed E-state index contributed by atoms with van der Waals surface area (Å²) in [5, 5.41) is 2.51. The second kappa shape index (κ2) is 6.81. The SMILES string of the molecule is c1cc(-n2c3ccccc3c3ccccc32)cc(-n2c3cnccc3n3c4ccccc4nc23)c1. The number of fused-ring (bicyclic) bond motifs is 8. The van der Waals surface area contributed by atoms with E-state index < -0.39 is 0 Å². The maximum atomic E-state index is 5.01. The van der Waals surface area contributed by atoms with Gasteiger partial charge in [0.25, 0.3) is 0 Å². The fraction of sp³-hybridized carbons (Fsp3) is 0. The van der Waals surface area contributed by atoms with Crippen molar-refractivity contribution in [1.29, 1.82) is 0 Å². The molecule has 4 aromatic heterocycles. The first-order chi connectivity index (χ1) is 17.4. The molecule has 0 radical (unpaired) electrons. The Morgan fingerprint density at radius 2 is 1.17 bits per heavy atom. The van der Waals surface area contributed by atoms with Gasteiger partial charge in [0.15, 0.2) is 0 Å². The maximum Gasteiger partial charge on any atom is 0.220 e. The molecule has 0 saturated heterocycles. The second-order valence-electron chi connectivity index (χ2n) is 8.83. The molecule has 164 valence electrons. The highest BCUT2D eigenvalue weighted by molar-refractivity contribution is 6.09. The summed E-state index contributed by atoms with van der Waals surface area (Å²) in [5.74, 6) is 0.883. The van der Waals surface area contributed by atoms with Crippen molar-refractivity contribution in [1.82, 2.24) is 23.5 Å². The molecule has 0 aliphatic heterocycles. The molecule has 0 N–H and O–H groups in total. The van der Waals surface area contributed by atoms with Gasteiger partial charge in [0.05, 0.1) is 45.0 Å². The van der Waals surface area contributed by atoms with Crippen LogP contribution in [0.5, 0.6) is 0 Å². The molecule has 4 aromatic carbocycles. The Labute approximate surface area is 200 Å². The predicted octanol–water partition coefficient (Wildman–Crippen LogP) is 6.92. The summed E-state index contributed by atoms with van der Waals surface area (Å²) in [6.45, 7) is 0. The van der Waals surface area contributed by atoms with Crippen LogP contribution in [0.2, 0.25) is 0 Å². The monoisotopic (exact) mass is 449 g/mol. The first kappa shape index (κ1) is 18.5. The minimum absolute atomic E-state index is 0.883. The smallest absolute Gasteiger partial charge is 0.220 e. The lowest BCUT2D eigenvalue weighted by Gasteiger charge is -2.11. The van der Waals surface area contributed by atoms with Gasteiger partial charge in [-0.05, 0) is 48.5 Å². The molecule has 0 fully saturated rings. The molecule has 0 spiro atoms. The second-order valence-corrected chi connectivity index (χ2v) is 8.83. The standard InChI is InChI=1S/C30H19N5/c1-4-13-25-22(10-1)23-11-2-5-14-26(23)33(25)20-8-7-9-21(18-20)34-29-19-31-17-16-28(29)35-27-15-6-3-12-24(27)32-30(34)35/h1-19H. The summed E-state index contributed by atoms with van der Waals surface area (Å²) in [4.78, 5) is 9.45. The van der Waals surface area contributed by atoms with E-state index in [-0.39, 0.29) is 0 Å². The average molecular weight is 450 g/mol. The van der Waals surface area contributed by atoms with Crippen LogP contribution in [0.4, 0.5) is 0 Å². The molecule has 35 heavy (non-hydrogen) atoms. The van der Waals surface area contributed by atoms with Crippen LogP contribution < -0.4 is 0 Å². The Bertz CT molecular complexity index is 2020. The van der Waals surface area contributed by atoms with E-state index in [1.54, 1.807) is 0 Å². The van der Waals surface area contributed by atoms with E-state index >= 15 is 0 Å². The topological polar surface area (TPSA) is 40.0 Å². The molecule has 0 aliphatic rings. The predicted molar refractivity (Wildman–Crippen MR) is 142 cm³/mol. The number of hydrogen-bond acceptors (Lipinski definition) is 2. The first-order valence-corrected chi connectivity index (χ1v) is 11.7. The minimum atomic E-state index is 0.883. The van der Waals surface area contributed by atoms with Crippen molar-refractivity contribution in [2.45, 2.75) is 0 Å². The van der Waals surface area contributed by atoms with Crippen molar-refractivity contribution < 1.29 is 0 Å². The fourth-order valence-corrected chi connectivity index (χ4v) is 5.48. The maximum absolute atomic E-state index is 5.01. The van der Waals surface area contributed by atoms with E-state index in [1.165, 1.54) is 21.8 Å². The third-order valence-corrected chi connectivity index (χ3v) is 6.93. The van der Waals surface area contributed by atoms with Gasteiger partial charge in [-0.1, -0.05) is 54.6 Å². The normalized spacial score (nSPS) is 12.0. The van der Waals surface area contributed by atoms with Crippen LogP contribution in [0.1, 0.15) is 0 Å². The van der Waals surface area contributed by atoms with E-state index in [9.17, 15) is 0 Å². The van der Waals surface area contributed by atoms with Crippen molar-refractivity contribution in [3.63, 3.8) is 0 Å². The van der Waals surface area contributed by atoms with Gasteiger partial charge in [0.1, 0.15) is 0 Å². The third-order valence-electron chi connectivity index (χ3n) is 6.93. The zero-order valence-corrected chi connectivity index (χ0v) is 18.7. The average Bonchev–Trinajstić information content (AvgIpc) is 3.55. The fourth-order valence-electron chi connectivity index (χ4n) is 5.48. The van der Waals surface area contributed by atoms with Crippen LogP contribution in [0.3, 0.4) is 0 Å². The zero-order valence-electron chi connectivity index (χ0n) is 18.7. The molecule has 8 rings (SSSR count). The lowest BCUT2D eigenvalue weighted by Crippen LogP contribution is -1.99. The van der Waals surface area contributed by atoms with Crippen LogP contribution in [-0.4, -0.2) is 23.5 Å². The van der Waals surface area contributed by atoms with Crippen LogP contribution in [0, 0.1) is 0 Å². The van der Waals surface area contributed by atoms with E-state index in [1.807, 2.05) is 18.5 Å². The largest absolute Gasteiger partial charge is 0.309 e. The van der Waals surface area contributed by atoms with E-state index in [0.29, 0.717) is 0 Å². The highest BCUT2D eigenvalue weighted by Crippen LogP contribution is 2.33. The van der Waals surface area contributed by atoms with E-state index in [0.717, 1.165) is 39.2 Å². The van der Waals surface area contributed by atoms with Crippen molar-refractivity contribution in [2.24, 2.45) is 0 Å². The third kappa shape index (κ3) is 2.47. The summed E-state index contributed by atoms with van der Waals surface area (Å²) < 4.78 is 6.77. The van der Waals surface area contributed by atoms with Gasteiger partial charge in [0.2, 0.25) is 5.78 Å². The molecule has 0 amide bonds. The van der Waals surface area contributed by atoms with Crippen LogP contribution >= 0.6 is 0 Å². The Hall–Kier alpha value is -4.90. The lowest BCUT2D eigenvalue weighted by molar-refractivity contribution is 1.09. The van der Waals surface area contributed by atoms with Crippen molar-refractivity contribution in [2.75, 3.05) is 0 Å². The first-order valence-electron chi connectivity index (χ1n) is 11.7. The van der Waals surface area contributed by atoms with Crippen LogP contribution in [-0.2, 0) is 0 Å². The van der Waals surface area contributed by atoms with Gasteiger partial charge in [-0.25, -0.2) is 4.98 Å². The Morgan fingerprint density at radius 1 is 0.514 bits per heavy atom. The molecule has 4 heterocycles. The number of imidazole rings is 2. The Morgan fingerprint density at radius 3 is 1.94 bits per heavy atom. The van der Waals surface area contributed by atoms with Crippen molar-refractivity contribution in [3.05, 3.63) is 116 Å². The number of pyridine rings is 1. The number of rotatable bonds is 2. The van der Waals surface area contributed by atoms with Crippen LogP contribution in [0.25, 0.3) is 61.0 Å². The van der Waals surface area contributed by atoms with Gasteiger partial charge >= 0.3 is 0 Å². The van der Waals surface area contributed by atoms with Crippen LogP contribution in [0.15, 0.2) is 116 Å². The molecular formula is C30H19N5. The number of benzene rings is 4. The van der Waals surface area contributed by atoms with E-state index in [4.69, 9.17) is 4.98 Å². The van der Waals surface area contributed by atoms with Gasteiger partial charge in [-0.2, -0.15) is 0 Å². The summed E-state index contributed by atoms with van der Waals surface area (Å²) in [6, 6.07) is 36.2. The summed E-state index contributed by atoms with van der Waals surface area (Å²) in [7, 11) is 0. The summed E-state index contributed by atoms with van der Waals surface area (Å²) in [6.07, 6.45) is 3.77. The molecule has 5 heteroatoms. The molecule has 0 aliphatic carbocycles. The highest BCUT2D eigenvalue weighted by atomic mass is 15.2. The lowest BCUT2D eigenvalue weighted by atomic mass is 10.2. The van der Waals surface area contributed by atoms with Crippen molar-refractivity contribution in [3.8, 4) is 11.4 Å². The van der Waals surface area contributed by atoms with Gasteiger partial charge in [-0.15, -0.1) is 0 Å². The Kier molecular flexibility index (Phi) is 3.60. The molecule has 5 nitrogen and oxygen atoms in total. The molecule has 0 atom stereocenters. The quantitative estimate of drug-likeness (QED) is 0.287. The number of hydrogen-bond donors (Lipinski definition) is 0. The molecule has 8 aromatic rings. The Balaban J connectivity index is 1.46. The number of aromatic nitrogens is 5. The van der Waals surface area contributed by atoms with Gasteiger partial charge in [-0.3, -0.25) is 14.0 Å². The number of nitrogens with zero attached hydrogens (tertiary/aromatic N) is 5.